The predicted molar refractivity (Wildman–Crippen MR) is 149 cm³/mol. The molecule has 36 heavy (non-hydrogen) atoms. The average molecular weight is 520 g/mol. The molecule has 4 aromatic rings. The molecular formula is C31H31ClFNOS. The number of benzene rings is 3. The Morgan fingerprint density at radius 1 is 1.00 bits per heavy atom. The van der Waals surface area contributed by atoms with Gasteiger partial charge in [-0.05, 0) is 67.9 Å². The van der Waals surface area contributed by atoms with E-state index in [9.17, 15) is 4.79 Å². The van der Waals surface area contributed by atoms with Crippen LogP contribution in [0.4, 0.5) is 4.39 Å². The predicted octanol–water partition coefficient (Wildman–Crippen LogP) is 9.28. The van der Waals surface area contributed by atoms with Crippen LogP contribution in [-0.2, 0) is 6.54 Å². The van der Waals surface area contributed by atoms with Gasteiger partial charge in [0.05, 0.1) is 5.02 Å². The van der Waals surface area contributed by atoms with E-state index < -0.39 is 0 Å². The number of rotatable bonds is 6. The van der Waals surface area contributed by atoms with Gasteiger partial charge in [0.1, 0.15) is 10.7 Å². The lowest BCUT2D eigenvalue weighted by atomic mass is 9.83. The maximum Gasteiger partial charge on any atom is 0.266 e. The van der Waals surface area contributed by atoms with E-state index in [1.807, 2.05) is 41.3 Å². The summed E-state index contributed by atoms with van der Waals surface area (Å²) in [5.41, 5.74) is 3.71. The van der Waals surface area contributed by atoms with E-state index in [4.69, 9.17) is 11.6 Å². The van der Waals surface area contributed by atoms with Gasteiger partial charge in [-0.25, -0.2) is 4.39 Å². The number of hydrogen-bond donors (Lipinski definition) is 0. The molecule has 1 heterocycles. The van der Waals surface area contributed by atoms with Gasteiger partial charge in [0.25, 0.3) is 5.91 Å². The number of hydrogen-bond acceptors (Lipinski definition) is 2. The van der Waals surface area contributed by atoms with E-state index in [2.05, 4.69) is 38.1 Å². The van der Waals surface area contributed by atoms with Crippen molar-refractivity contribution in [2.24, 2.45) is 5.92 Å². The van der Waals surface area contributed by atoms with Gasteiger partial charge in [-0.15, -0.1) is 11.3 Å². The van der Waals surface area contributed by atoms with Crippen molar-refractivity contribution >= 4 is 38.9 Å². The monoisotopic (exact) mass is 519 g/mol. The lowest BCUT2D eigenvalue weighted by molar-refractivity contribution is 0.0590. The van der Waals surface area contributed by atoms with Crippen molar-refractivity contribution in [1.29, 1.82) is 0 Å². The molecule has 3 aromatic carbocycles. The third kappa shape index (κ3) is 5.07. The largest absolute Gasteiger partial charge is 0.330 e. The third-order valence-corrected chi connectivity index (χ3v) is 9.26. The van der Waals surface area contributed by atoms with Gasteiger partial charge < -0.3 is 4.90 Å². The van der Waals surface area contributed by atoms with Crippen molar-refractivity contribution in [3.8, 4) is 11.1 Å². The highest BCUT2D eigenvalue weighted by atomic mass is 35.5. The van der Waals surface area contributed by atoms with Gasteiger partial charge in [0.15, 0.2) is 0 Å². The summed E-state index contributed by atoms with van der Waals surface area (Å²) in [5, 5.41) is 1.40. The summed E-state index contributed by atoms with van der Waals surface area (Å²) in [6.45, 7) is 4.52. The quantitative estimate of drug-likeness (QED) is 0.248. The van der Waals surface area contributed by atoms with Crippen molar-refractivity contribution < 1.29 is 9.18 Å². The van der Waals surface area contributed by atoms with Crippen molar-refractivity contribution in [1.82, 2.24) is 4.90 Å². The highest BCUT2D eigenvalue weighted by Crippen LogP contribution is 2.38. The van der Waals surface area contributed by atoms with Crippen molar-refractivity contribution in [3.05, 3.63) is 93.6 Å². The number of nitrogens with zero attached hydrogens (tertiary/aromatic N) is 1. The van der Waals surface area contributed by atoms with E-state index in [0.29, 0.717) is 21.4 Å². The summed E-state index contributed by atoms with van der Waals surface area (Å²) in [4.78, 5) is 16.5. The summed E-state index contributed by atoms with van der Waals surface area (Å²) < 4.78 is 16.1. The zero-order valence-corrected chi connectivity index (χ0v) is 22.3. The molecule has 1 saturated carbocycles. The molecule has 0 unspecified atom stereocenters. The lowest BCUT2D eigenvalue weighted by Gasteiger charge is -2.37. The van der Waals surface area contributed by atoms with E-state index >= 15 is 4.39 Å². The van der Waals surface area contributed by atoms with Crippen LogP contribution in [0.3, 0.4) is 0 Å². The summed E-state index contributed by atoms with van der Waals surface area (Å²) in [5.74, 6) is 0.322. The fourth-order valence-corrected chi connectivity index (χ4v) is 6.79. The summed E-state index contributed by atoms with van der Waals surface area (Å²) in [6.07, 6.45) is 5.22. The van der Waals surface area contributed by atoms with E-state index in [-0.39, 0.29) is 24.3 Å². The molecule has 5 rings (SSSR count). The molecule has 0 radical (unpaired) electrons. The molecular weight excluding hydrogens is 489 g/mol. The molecule has 0 N–H and O–H groups in total. The molecule has 0 bridgehead atoms. The maximum absolute atomic E-state index is 15.1. The summed E-state index contributed by atoms with van der Waals surface area (Å²) in [6, 6.07) is 21.4. The van der Waals surface area contributed by atoms with Crippen molar-refractivity contribution in [3.63, 3.8) is 0 Å². The lowest BCUT2D eigenvalue weighted by Crippen LogP contribution is -2.42. The van der Waals surface area contributed by atoms with Crippen LogP contribution in [0.15, 0.2) is 66.7 Å². The Labute approximate surface area is 221 Å². The Kier molecular flexibility index (Phi) is 7.45. The second kappa shape index (κ2) is 10.7. The standard InChI is InChI=1S/C31H31ClFNOS/c1-3-21-10-15-25(16-11-21)34(31(35)30-29(32)26-6-4-5-7-28(26)36-30)19-24-18-23(14-17-27(24)33)22-12-8-20(2)9-13-22/h4-9,12-14,17-18,21,25H,3,10-11,15-16,19H2,1-2H3/t21-,25-. The zero-order valence-electron chi connectivity index (χ0n) is 20.8. The molecule has 1 fully saturated rings. The molecule has 0 aliphatic heterocycles. The molecule has 1 aliphatic carbocycles. The number of halogens is 2. The minimum absolute atomic E-state index is 0.0732. The number of thiophene rings is 1. The normalized spacial score (nSPS) is 17.9. The van der Waals surface area contributed by atoms with Gasteiger partial charge in [-0.1, -0.05) is 79.0 Å². The van der Waals surface area contributed by atoms with Gasteiger partial charge in [0.2, 0.25) is 0 Å². The average Bonchev–Trinajstić information content (AvgIpc) is 3.25. The highest BCUT2D eigenvalue weighted by molar-refractivity contribution is 7.21. The van der Waals surface area contributed by atoms with E-state index in [1.54, 1.807) is 0 Å². The molecule has 1 aliphatic rings. The Balaban J connectivity index is 1.50. The SMILES string of the molecule is CC[C@H]1CC[C@H](N(Cc2cc(-c3ccc(C)cc3)ccc2F)C(=O)c2sc3ccccc3c2Cl)CC1. The molecule has 5 heteroatoms. The fraction of sp³-hybridized carbons (Fsp3) is 0.323. The van der Waals surface area contributed by atoms with Gasteiger partial charge in [0, 0.05) is 28.2 Å². The topological polar surface area (TPSA) is 20.3 Å². The molecule has 0 atom stereocenters. The van der Waals surface area contributed by atoms with Gasteiger partial charge in [-0.2, -0.15) is 0 Å². The summed E-state index contributed by atoms with van der Waals surface area (Å²) >= 11 is 8.15. The number of fused-ring (bicyclic) bond motifs is 1. The zero-order chi connectivity index (χ0) is 25.2. The van der Waals surface area contributed by atoms with Gasteiger partial charge in [-0.3, -0.25) is 4.79 Å². The van der Waals surface area contributed by atoms with Crippen LogP contribution in [0.1, 0.15) is 59.8 Å². The third-order valence-electron chi connectivity index (χ3n) is 7.60. The Morgan fingerprint density at radius 3 is 2.39 bits per heavy atom. The second-order valence-corrected chi connectivity index (χ2v) is 11.4. The first kappa shape index (κ1) is 25.0. The minimum Gasteiger partial charge on any atom is -0.330 e. The van der Waals surface area contributed by atoms with Crippen LogP contribution in [0.2, 0.25) is 5.02 Å². The smallest absolute Gasteiger partial charge is 0.266 e. The molecule has 2 nitrogen and oxygen atoms in total. The Hall–Kier alpha value is -2.69. The van der Waals surface area contributed by atoms with Crippen LogP contribution in [-0.4, -0.2) is 16.8 Å². The van der Waals surface area contributed by atoms with Crippen LogP contribution < -0.4 is 0 Å². The minimum atomic E-state index is -0.284. The number of carbonyl (C=O) groups is 1. The Morgan fingerprint density at radius 2 is 1.69 bits per heavy atom. The molecule has 186 valence electrons. The van der Waals surface area contributed by atoms with E-state index in [1.165, 1.54) is 23.0 Å². The molecule has 1 aromatic heterocycles. The van der Waals surface area contributed by atoms with Crippen molar-refractivity contribution in [2.45, 2.75) is 58.5 Å². The maximum atomic E-state index is 15.1. The summed E-state index contributed by atoms with van der Waals surface area (Å²) in [7, 11) is 0. The highest BCUT2D eigenvalue weighted by Gasteiger charge is 2.32. The van der Waals surface area contributed by atoms with Crippen LogP contribution in [0.5, 0.6) is 0 Å². The first-order valence-corrected chi connectivity index (χ1v) is 14.0. The number of amides is 1. The fourth-order valence-electron chi connectivity index (χ4n) is 5.32. The first-order valence-electron chi connectivity index (χ1n) is 12.8. The Bertz CT molecular complexity index is 1370. The molecule has 0 spiro atoms. The van der Waals surface area contributed by atoms with Crippen molar-refractivity contribution in [2.75, 3.05) is 0 Å². The van der Waals surface area contributed by atoms with Crippen LogP contribution >= 0.6 is 22.9 Å². The number of carbonyl (C=O) groups excluding carboxylic acids is 1. The van der Waals surface area contributed by atoms with E-state index in [0.717, 1.165) is 53.3 Å². The van der Waals surface area contributed by atoms with Crippen LogP contribution in [0, 0.1) is 18.7 Å². The van der Waals surface area contributed by atoms with Crippen LogP contribution in [0.25, 0.3) is 21.2 Å². The van der Waals surface area contributed by atoms with Gasteiger partial charge >= 0.3 is 0 Å². The first-order chi connectivity index (χ1) is 17.4. The molecule has 1 amide bonds. The molecule has 0 saturated heterocycles. The second-order valence-electron chi connectivity index (χ2n) is 9.93. The number of aryl methyl sites for hydroxylation is 1.